The number of ether oxygens (including phenoxy) is 2. The van der Waals surface area contributed by atoms with E-state index < -0.39 is 17.4 Å². The van der Waals surface area contributed by atoms with Crippen LogP contribution in [0.2, 0.25) is 0 Å². The zero-order valence-electron chi connectivity index (χ0n) is 10.8. The third-order valence-corrected chi connectivity index (χ3v) is 2.01. The highest BCUT2D eigenvalue weighted by molar-refractivity contribution is 5.78. The molecule has 1 aromatic rings. The van der Waals surface area contributed by atoms with Crippen molar-refractivity contribution in [3.63, 3.8) is 0 Å². The Labute approximate surface area is 105 Å². The molecule has 98 valence electrons. The van der Waals surface area contributed by atoms with E-state index in [1.807, 2.05) is 0 Å². The van der Waals surface area contributed by atoms with Crippen LogP contribution in [0.1, 0.15) is 27.7 Å². The van der Waals surface area contributed by atoms with Gasteiger partial charge in [0.15, 0.2) is 11.5 Å². The lowest BCUT2D eigenvalue weighted by atomic mass is 9.97. The molecule has 0 radical (unpaired) electrons. The van der Waals surface area contributed by atoms with Gasteiger partial charge < -0.3 is 14.6 Å². The molecule has 0 atom stereocenters. The van der Waals surface area contributed by atoms with Crippen LogP contribution in [-0.4, -0.2) is 17.0 Å². The van der Waals surface area contributed by atoms with Crippen LogP contribution < -0.4 is 9.47 Å². The fraction of sp³-hybridized carbons (Fsp3) is 0.385. The van der Waals surface area contributed by atoms with Crippen molar-refractivity contribution in [1.29, 1.82) is 0 Å². The third kappa shape index (κ3) is 3.76. The molecule has 1 rings (SSSR count). The summed E-state index contributed by atoms with van der Waals surface area (Å²) in [4.78, 5) is 22.4. The van der Waals surface area contributed by atoms with Crippen molar-refractivity contribution in [2.24, 2.45) is 5.41 Å². The van der Waals surface area contributed by atoms with Crippen LogP contribution in [0.25, 0.3) is 0 Å². The second-order valence-electron chi connectivity index (χ2n) is 4.86. The monoisotopic (exact) mass is 252 g/mol. The Morgan fingerprint density at radius 3 is 2.22 bits per heavy atom. The van der Waals surface area contributed by atoms with E-state index in [9.17, 15) is 14.7 Å². The lowest BCUT2D eigenvalue weighted by Gasteiger charge is -2.16. The predicted octanol–water partition coefficient (Wildman–Crippen LogP) is 2.27. The average Bonchev–Trinajstić information content (AvgIpc) is 2.20. The summed E-state index contributed by atoms with van der Waals surface area (Å²) < 4.78 is 9.82. The molecule has 0 aliphatic rings. The number of hydrogen-bond donors (Lipinski definition) is 1. The second-order valence-corrected chi connectivity index (χ2v) is 4.86. The van der Waals surface area contributed by atoms with E-state index in [1.165, 1.54) is 25.1 Å². The van der Waals surface area contributed by atoms with Gasteiger partial charge in [0, 0.05) is 13.0 Å². The second kappa shape index (κ2) is 5.08. The minimum Gasteiger partial charge on any atom is -0.504 e. The van der Waals surface area contributed by atoms with Crippen LogP contribution in [0.3, 0.4) is 0 Å². The molecule has 0 amide bonds. The number of hydrogen-bond acceptors (Lipinski definition) is 5. The van der Waals surface area contributed by atoms with Crippen LogP contribution in [0, 0.1) is 5.41 Å². The van der Waals surface area contributed by atoms with Crippen LogP contribution in [0.5, 0.6) is 17.2 Å². The molecule has 0 aliphatic carbocycles. The van der Waals surface area contributed by atoms with Gasteiger partial charge in [-0.25, -0.2) is 0 Å². The van der Waals surface area contributed by atoms with E-state index in [1.54, 1.807) is 20.8 Å². The quantitative estimate of drug-likeness (QED) is 0.645. The van der Waals surface area contributed by atoms with E-state index in [2.05, 4.69) is 0 Å². The molecule has 0 aliphatic heterocycles. The number of aromatic hydroxyl groups is 1. The largest absolute Gasteiger partial charge is 0.504 e. The standard InChI is InChI=1S/C13H16O5/c1-8(14)17-11-6-5-9(7-10(11)15)18-12(16)13(2,3)4/h5-7,15H,1-4H3. The maximum Gasteiger partial charge on any atom is 0.316 e. The molecule has 0 bridgehead atoms. The van der Waals surface area contributed by atoms with Crippen molar-refractivity contribution in [1.82, 2.24) is 0 Å². The highest BCUT2D eigenvalue weighted by atomic mass is 16.5. The van der Waals surface area contributed by atoms with Crippen molar-refractivity contribution < 1.29 is 24.2 Å². The molecule has 1 N–H and O–H groups in total. The smallest absolute Gasteiger partial charge is 0.316 e. The highest BCUT2D eigenvalue weighted by Gasteiger charge is 2.24. The van der Waals surface area contributed by atoms with E-state index in [-0.39, 0.29) is 17.2 Å². The molecular weight excluding hydrogens is 236 g/mol. The summed E-state index contributed by atoms with van der Waals surface area (Å²) in [5.41, 5.74) is -0.635. The van der Waals surface area contributed by atoms with Crippen LogP contribution in [0.4, 0.5) is 0 Å². The number of phenols is 1. The Morgan fingerprint density at radius 1 is 1.17 bits per heavy atom. The molecule has 1 aromatic carbocycles. The van der Waals surface area contributed by atoms with Gasteiger partial charge in [-0.05, 0) is 32.9 Å². The maximum absolute atomic E-state index is 11.6. The van der Waals surface area contributed by atoms with Crippen LogP contribution >= 0.6 is 0 Å². The number of carbonyl (C=O) groups is 2. The van der Waals surface area contributed by atoms with Gasteiger partial charge in [-0.1, -0.05) is 0 Å². The number of benzene rings is 1. The number of phenolic OH excluding ortho intramolecular Hbond substituents is 1. The average molecular weight is 252 g/mol. The van der Waals surface area contributed by atoms with E-state index in [0.29, 0.717) is 0 Å². The molecule has 0 fully saturated rings. The van der Waals surface area contributed by atoms with Gasteiger partial charge in [0.2, 0.25) is 0 Å². The first-order chi connectivity index (χ1) is 8.20. The Morgan fingerprint density at radius 2 is 1.78 bits per heavy atom. The van der Waals surface area contributed by atoms with Gasteiger partial charge in [-0.3, -0.25) is 9.59 Å². The third-order valence-electron chi connectivity index (χ3n) is 2.01. The normalized spacial score (nSPS) is 10.9. The summed E-state index contributed by atoms with van der Waals surface area (Å²) >= 11 is 0. The van der Waals surface area contributed by atoms with E-state index >= 15 is 0 Å². The van der Waals surface area contributed by atoms with E-state index in [4.69, 9.17) is 9.47 Å². The van der Waals surface area contributed by atoms with Gasteiger partial charge in [-0.2, -0.15) is 0 Å². The van der Waals surface area contributed by atoms with Gasteiger partial charge >= 0.3 is 11.9 Å². The molecule has 18 heavy (non-hydrogen) atoms. The lowest BCUT2D eigenvalue weighted by Crippen LogP contribution is -2.25. The van der Waals surface area contributed by atoms with E-state index in [0.717, 1.165) is 0 Å². The first-order valence-corrected chi connectivity index (χ1v) is 5.44. The van der Waals surface area contributed by atoms with Crippen LogP contribution in [-0.2, 0) is 9.59 Å². The summed E-state index contributed by atoms with van der Waals surface area (Å²) in [7, 11) is 0. The molecular formula is C13H16O5. The molecule has 0 aromatic heterocycles. The molecule has 5 heteroatoms. The minimum absolute atomic E-state index is 0.0260. The summed E-state index contributed by atoms with van der Waals surface area (Å²) in [6.45, 7) is 6.40. The lowest BCUT2D eigenvalue weighted by molar-refractivity contribution is -0.143. The fourth-order valence-electron chi connectivity index (χ4n) is 1.06. The highest BCUT2D eigenvalue weighted by Crippen LogP contribution is 2.31. The first kappa shape index (κ1) is 14.0. The summed E-state index contributed by atoms with van der Waals surface area (Å²) in [6, 6.07) is 4.03. The van der Waals surface area contributed by atoms with Gasteiger partial charge in [-0.15, -0.1) is 0 Å². The Balaban J connectivity index is 2.85. The Bertz CT molecular complexity index is 471. The summed E-state index contributed by atoms with van der Waals surface area (Å²) in [5, 5.41) is 9.59. The Kier molecular flexibility index (Phi) is 3.96. The van der Waals surface area contributed by atoms with Gasteiger partial charge in [0.1, 0.15) is 5.75 Å². The number of carbonyl (C=O) groups excluding carboxylic acids is 2. The SMILES string of the molecule is CC(=O)Oc1ccc(OC(=O)C(C)(C)C)cc1O. The molecule has 5 nitrogen and oxygen atoms in total. The molecule has 0 saturated heterocycles. The Hall–Kier alpha value is -2.04. The fourth-order valence-corrected chi connectivity index (χ4v) is 1.06. The summed E-state index contributed by atoms with van der Waals surface area (Å²) in [5.74, 6) is -0.988. The summed E-state index contributed by atoms with van der Waals surface area (Å²) in [6.07, 6.45) is 0. The number of esters is 2. The topological polar surface area (TPSA) is 72.8 Å². The molecule has 0 heterocycles. The van der Waals surface area contributed by atoms with Crippen LogP contribution in [0.15, 0.2) is 18.2 Å². The zero-order valence-corrected chi connectivity index (χ0v) is 10.8. The van der Waals surface area contributed by atoms with Gasteiger partial charge in [0.25, 0.3) is 0 Å². The molecule has 0 unspecified atom stereocenters. The van der Waals surface area contributed by atoms with Gasteiger partial charge in [0.05, 0.1) is 5.41 Å². The first-order valence-electron chi connectivity index (χ1n) is 5.44. The maximum atomic E-state index is 11.6. The van der Waals surface area contributed by atoms with Crippen molar-refractivity contribution in [3.05, 3.63) is 18.2 Å². The van der Waals surface area contributed by atoms with Crippen molar-refractivity contribution in [3.8, 4) is 17.2 Å². The molecule has 0 saturated carbocycles. The van der Waals surface area contributed by atoms with Crippen molar-refractivity contribution in [2.75, 3.05) is 0 Å². The minimum atomic E-state index is -0.635. The van der Waals surface area contributed by atoms with Crippen molar-refractivity contribution in [2.45, 2.75) is 27.7 Å². The predicted molar refractivity (Wildman–Crippen MR) is 64.5 cm³/mol. The molecule has 0 spiro atoms. The number of rotatable bonds is 2. The van der Waals surface area contributed by atoms with Crippen molar-refractivity contribution >= 4 is 11.9 Å². The zero-order chi connectivity index (χ0) is 13.9.